The Hall–Kier alpha value is -0.590. The van der Waals surface area contributed by atoms with Crippen molar-refractivity contribution in [2.75, 3.05) is 26.7 Å². The van der Waals surface area contributed by atoms with Crippen molar-refractivity contribution in [2.24, 2.45) is 5.92 Å². The number of nitrogens with one attached hydrogen (secondary N) is 1. The number of nitrogens with zero attached hydrogens (tertiary/aromatic N) is 2. The van der Waals surface area contributed by atoms with Crippen molar-refractivity contribution < 1.29 is 0 Å². The van der Waals surface area contributed by atoms with E-state index in [2.05, 4.69) is 30.3 Å². The molecular weight excluding hydrogens is 186 g/mol. The van der Waals surface area contributed by atoms with Crippen LogP contribution in [0.3, 0.4) is 0 Å². The number of nitriles is 1. The molecule has 1 atom stereocenters. The monoisotopic (exact) mass is 209 g/mol. The second kappa shape index (κ2) is 5.48. The van der Waals surface area contributed by atoms with E-state index >= 15 is 0 Å². The highest BCUT2D eigenvalue weighted by Gasteiger charge is 2.28. The zero-order valence-corrected chi connectivity index (χ0v) is 10.2. The molecule has 0 radical (unpaired) electrons. The van der Waals surface area contributed by atoms with Crippen molar-refractivity contribution in [3.63, 3.8) is 0 Å². The number of likely N-dealkylation sites (N-methyl/N-ethyl adjacent to an activating group) is 1. The third-order valence-electron chi connectivity index (χ3n) is 2.86. The summed E-state index contributed by atoms with van der Waals surface area (Å²) in [5.74, 6) is 0.893. The first-order valence-corrected chi connectivity index (χ1v) is 5.94. The molecule has 1 unspecified atom stereocenters. The van der Waals surface area contributed by atoms with Crippen LogP contribution in [0.4, 0.5) is 0 Å². The molecule has 3 heteroatoms. The normalized spacial score (nSPS) is 19.9. The van der Waals surface area contributed by atoms with Crippen LogP contribution in [0.25, 0.3) is 0 Å². The molecular formula is C12H23N3. The van der Waals surface area contributed by atoms with E-state index in [0.717, 1.165) is 32.0 Å². The molecule has 1 N–H and O–H groups in total. The lowest BCUT2D eigenvalue weighted by atomic mass is 10.0. The van der Waals surface area contributed by atoms with E-state index in [1.165, 1.54) is 12.8 Å². The van der Waals surface area contributed by atoms with Gasteiger partial charge in [0.05, 0.1) is 6.07 Å². The Labute approximate surface area is 93.5 Å². The molecule has 0 bridgehead atoms. The lowest BCUT2D eigenvalue weighted by Gasteiger charge is -2.28. The molecule has 86 valence electrons. The molecule has 0 heterocycles. The van der Waals surface area contributed by atoms with Crippen molar-refractivity contribution in [3.05, 3.63) is 0 Å². The van der Waals surface area contributed by atoms with Gasteiger partial charge in [-0.15, -0.1) is 0 Å². The second-order valence-corrected chi connectivity index (χ2v) is 5.01. The highest BCUT2D eigenvalue weighted by Crippen LogP contribution is 2.29. The highest BCUT2D eigenvalue weighted by molar-refractivity contribution is 5.05. The third kappa shape index (κ3) is 4.63. The first-order chi connectivity index (χ1) is 7.09. The van der Waals surface area contributed by atoms with E-state index in [4.69, 9.17) is 0 Å². The van der Waals surface area contributed by atoms with Crippen LogP contribution in [0.1, 0.15) is 33.1 Å². The third-order valence-corrected chi connectivity index (χ3v) is 2.86. The van der Waals surface area contributed by atoms with Gasteiger partial charge >= 0.3 is 0 Å². The van der Waals surface area contributed by atoms with E-state index in [0.29, 0.717) is 0 Å². The maximum Gasteiger partial charge on any atom is 0.116 e. The predicted molar refractivity (Wildman–Crippen MR) is 62.5 cm³/mol. The largest absolute Gasteiger partial charge is 0.303 e. The molecule has 0 amide bonds. The Kier molecular flexibility index (Phi) is 4.56. The molecule has 0 saturated heterocycles. The molecule has 0 aromatic heterocycles. The minimum atomic E-state index is -0.389. The van der Waals surface area contributed by atoms with Gasteiger partial charge in [-0.05, 0) is 45.7 Å². The van der Waals surface area contributed by atoms with E-state index < -0.39 is 0 Å². The van der Waals surface area contributed by atoms with Gasteiger partial charge in [0.1, 0.15) is 5.54 Å². The van der Waals surface area contributed by atoms with Gasteiger partial charge in [0.25, 0.3) is 0 Å². The van der Waals surface area contributed by atoms with Gasteiger partial charge in [0, 0.05) is 13.1 Å². The fourth-order valence-corrected chi connectivity index (χ4v) is 1.88. The lowest BCUT2D eigenvalue weighted by Crippen LogP contribution is -2.50. The molecule has 15 heavy (non-hydrogen) atoms. The fraction of sp³-hybridized carbons (Fsp3) is 0.917. The van der Waals surface area contributed by atoms with Crippen LogP contribution in [0.2, 0.25) is 0 Å². The second-order valence-electron chi connectivity index (χ2n) is 5.01. The van der Waals surface area contributed by atoms with Crippen molar-refractivity contribution in [1.29, 1.82) is 5.26 Å². The summed E-state index contributed by atoms with van der Waals surface area (Å²) in [4.78, 5) is 2.28. The Bertz CT molecular complexity index is 230. The summed E-state index contributed by atoms with van der Waals surface area (Å²) in [5.41, 5.74) is -0.389. The smallest absolute Gasteiger partial charge is 0.116 e. The van der Waals surface area contributed by atoms with Gasteiger partial charge in [0.15, 0.2) is 0 Å². The lowest BCUT2D eigenvalue weighted by molar-refractivity contribution is 0.252. The van der Waals surface area contributed by atoms with Crippen molar-refractivity contribution in [1.82, 2.24) is 10.2 Å². The fourth-order valence-electron chi connectivity index (χ4n) is 1.88. The quantitative estimate of drug-likeness (QED) is 0.692. The SMILES string of the molecule is CCCNC(C)(C#N)CN(C)CC1CC1. The van der Waals surface area contributed by atoms with E-state index in [1.54, 1.807) is 0 Å². The first-order valence-electron chi connectivity index (χ1n) is 5.94. The minimum absolute atomic E-state index is 0.389. The van der Waals surface area contributed by atoms with Gasteiger partial charge in [0.2, 0.25) is 0 Å². The highest BCUT2D eigenvalue weighted by atomic mass is 15.1. The van der Waals surface area contributed by atoms with Crippen LogP contribution in [0.5, 0.6) is 0 Å². The van der Waals surface area contributed by atoms with Gasteiger partial charge in [-0.25, -0.2) is 0 Å². The first kappa shape index (κ1) is 12.5. The zero-order valence-electron chi connectivity index (χ0n) is 10.2. The van der Waals surface area contributed by atoms with Crippen molar-refractivity contribution in [3.8, 4) is 6.07 Å². The Morgan fingerprint density at radius 3 is 2.67 bits per heavy atom. The van der Waals surface area contributed by atoms with E-state index in [-0.39, 0.29) is 5.54 Å². The summed E-state index contributed by atoms with van der Waals surface area (Å²) in [6.45, 7) is 7.00. The molecule has 1 aliphatic rings. The molecule has 0 aliphatic heterocycles. The molecule has 0 aromatic carbocycles. The van der Waals surface area contributed by atoms with Gasteiger partial charge in [-0.2, -0.15) is 5.26 Å². The number of hydrogen-bond acceptors (Lipinski definition) is 3. The molecule has 1 saturated carbocycles. The molecule has 3 nitrogen and oxygen atoms in total. The Balaban J connectivity index is 2.32. The van der Waals surface area contributed by atoms with Crippen LogP contribution in [-0.2, 0) is 0 Å². The summed E-state index contributed by atoms with van der Waals surface area (Å²) >= 11 is 0. The van der Waals surface area contributed by atoms with Gasteiger partial charge in [-0.3, -0.25) is 5.32 Å². The predicted octanol–water partition coefficient (Wildman–Crippen LogP) is 1.61. The van der Waals surface area contributed by atoms with Crippen molar-refractivity contribution >= 4 is 0 Å². The van der Waals surface area contributed by atoms with Crippen LogP contribution in [0, 0.1) is 17.2 Å². The minimum Gasteiger partial charge on any atom is -0.303 e. The molecule has 1 fully saturated rings. The summed E-state index contributed by atoms with van der Waals surface area (Å²) < 4.78 is 0. The molecule has 1 rings (SSSR count). The Morgan fingerprint density at radius 1 is 1.53 bits per heavy atom. The topological polar surface area (TPSA) is 39.1 Å². The summed E-state index contributed by atoms with van der Waals surface area (Å²) in [7, 11) is 2.11. The zero-order chi connectivity index (χ0) is 11.3. The standard InChI is InChI=1S/C12H23N3/c1-4-7-14-12(2,9-13)10-15(3)8-11-5-6-11/h11,14H,4-8,10H2,1-3H3. The average Bonchev–Trinajstić information content (AvgIpc) is 2.98. The maximum atomic E-state index is 9.17. The number of rotatable bonds is 7. The summed E-state index contributed by atoms with van der Waals surface area (Å²) in [6, 6.07) is 2.39. The van der Waals surface area contributed by atoms with Gasteiger partial charge in [-0.1, -0.05) is 6.92 Å². The average molecular weight is 209 g/mol. The molecule has 0 aromatic rings. The molecule has 1 aliphatic carbocycles. The van der Waals surface area contributed by atoms with Gasteiger partial charge < -0.3 is 4.90 Å². The molecule has 0 spiro atoms. The van der Waals surface area contributed by atoms with Crippen LogP contribution < -0.4 is 5.32 Å². The van der Waals surface area contributed by atoms with E-state index in [9.17, 15) is 5.26 Å². The maximum absolute atomic E-state index is 9.17. The summed E-state index contributed by atoms with van der Waals surface area (Å²) in [5, 5.41) is 12.5. The van der Waals surface area contributed by atoms with Crippen molar-refractivity contribution in [2.45, 2.75) is 38.6 Å². The van der Waals surface area contributed by atoms with E-state index in [1.807, 2.05) is 6.92 Å². The summed E-state index contributed by atoms with van der Waals surface area (Å²) in [6.07, 6.45) is 3.82. The van der Waals surface area contributed by atoms with Crippen LogP contribution >= 0.6 is 0 Å². The van der Waals surface area contributed by atoms with Crippen LogP contribution in [0.15, 0.2) is 0 Å². The van der Waals surface area contributed by atoms with Crippen LogP contribution in [-0.4, -0.2) is 37.1 Å². The number of hydrogen-bond donors (Lipinski definition) is 1. The Morgan fingerprint density at radius 2 is 2.20 bits per heavy atom.